The van der Waals surface area contributed by atoms with Crippen molar-refractivity contribution in [3.8, 4) is 22.3 Å². The second-order valence-electron chi connectivity index (χ2n) is 6.70. The standard InChI is InChI=1S/C21H13N3O/c1-10-5-4-7-12-15-13-9-22-21(25)17(13)16-11-6-2-3-8-14(11)23-20(16)19(15)24-18(10)12/h2-8H,9H2,1H3,(H,22,25). The van der Waals surface area contributed by atoms with Gasteiger partial charge in [0.1, 0.15) is 0 Å². The molecule has 0 saturated carbocycles. The Kier molecular flexibility index (Phi) is 2.21. The van der Waals surface area contributed by atoms with Crippen molar-refractivity contribution in [3.63, 3.8) is 0 Å². The zero-order chi connectivity index (χ0) is 16.7. The summed E-state index contributed by atoms with van der Waals surface area (Å²) in [6.07, 6.45) is 0. The summed E-state index contributed by atoms with van der Waals surface area (Å²) in [6, 6.07) is 14.2. The third kappa shape index (κ3) is 1.45. The van der Waals surface area contributed by atoms with Crippen LogP contribution in [-0.4, -0.2) is 5.91 Å². The maximum Gasteiger partial charge on any atom is 0.252 e. The van der Waals surface area contributed by atoms with Crippen LogP contribution in [0.4, 0.5) is 11.4 Å². The van der Waals surface area contributed by atoms with Gasteiger partial charge in [-0.3, -0.25) is 4.79 Å². The summed E-state index contributed by atoms with van der Waals surface area (Å²) in [4.78, 5) is 22.4. The SMILES string of the molecule is Cc1cccc2c1N=c1c-2c2c(c3c1=Nc1ccccc1-3)C(=O)NC2. The number of para-hydroxylation sites is 2. The predicted octanol–water partition coefficient (Wildman–Crippen LogP) is 3.10. The Bertz CT molecular complexity index is 1270. The summed E-state index contributed by atoms with van der Waals surface area (Å²) in [5.41, 5.74) is 9.02. The van der Waals surface area contributed by atoms with E-state index in [1.54, 1.807) is 0 Å². The molecular formula is C21H13N3O. The van der Waals surface area contributed by atoms with Gasteiger partial charge in [0.25, 0.3) is 5.91 Å². The molecule has 0 bridgehead atoms. The maximum atomic E-state index is 12.6. The average Bonchev–Trinajstić information content (AvgIpc) is 3.28. The van der Waals surface area contributed by atoms with Gasteiger partial charge in [-0.25, -0.2) is 9.98 Å². The topological polar surface area (TPSA) is 53.8 Å². The van der Waals surface area contributed by atoms with Crippen molar-refractivity contribution in [1.82, 2.24) is 5.32 Å². The molecule has 4 heteroatoms. The van der Waals surface area contributed by atoms with Crippen LogP contribution in [0.1, 0.15) is 21.5 Å². The van der Waals surface area contributed by atoms with Crippen LogP contribution in [0.3, 0.4) is 0 Å². The highest BCUT2D eigenvalue weighted by Crippen LogP contribution is 2.43. The third-order valence-electron chi connectivity index (χ3n) is 5.34. The Morgan fingerprint density at radius 2 is 1.68 bits per heavy atom. The molecule has 3 aliphatic rings. The minimum atomic E-state index is -0.0120. The van der Waals surface area contributed by atoms with E-state index in [9.17, 15) is 4.79 Å². The highest BCUT2D eigenvalue weighted by atomic mass is 16.1. The monoisotopic (exact) mass is 323 g/mol. The maximum absolute atomic E-state index is 12.6. The van der Waals surface area contributed by atoms with Crippen LogP contribution in [0.15, 0.2) is 52.4 Å². The van der Waals surface area contributed by atoms with Crippen LogP contribution in [-0.2, 0) is 6.54 Å². The van der Waals surface area contributed by atoms with Crippen molar-refractivity contribution in [2.24, 2.45) is 9.98 Å². The van der Waals surface area contributed by atoms with Crippen molar-refractivity contribution in [2.45, 2.75) is 13.5 Å². The van der Waals surface area contributed by atoms with E-state index in [4.69, 9.17) is 9.98 Å². The summed E-state index contributed by atoms with van der Waals surface area (Å²) in [5.74, 6) is -0.0120. The smallest absolute Gasteiger partial charge is 0.252 e. The number of benzene rings is 3. The van der Waals surface area contributed by atoms with Gasteiger partial charge in [0.15, 0.2) is 0 Å². The fraction of sp³-hybridized carbons (Fsp3) is 0.0952. The van der Waals surface area contributed by atoms with Crippen LogP contribution in [0.5, 0.6) is 0 Å². The number of carbonyl (C=O) groups is 1. The van der Waals surface area contributed by atoms with E-state index in [0.29, 0.717) is 6.54 Å². The van der Waals surface area contributed by atoms with Gasteiger partial charge in [-0.1, -0.05) is 36.4 Å². The van der Waals surface area contributed by atoms with Crippen molar-refractivity contribution in [1.29, 1.82) is 0 Å². The van der Waals surface area contributed by atoms with E-state index in [0.717, 1.165) is 61.0 Å². The van der Waals surface area contributed by atoms with Gasteiger partial charge in [-0.15, -0.1) is 0 Å². The van der Waals surface area contributed by atoms with E-state index in [1.165, 1.54) is 0 Å². The summed E-state index contributed by atoms with van der Waals surface area (Å²) in [7, 11) is 0. The van der Waals surface area contributed by atoms with Gasteiger partial charge in [0.2, 0.25) is 0 Å². The molecule has 0 fully saturated rings. The van der Waals surface area contributed by atoms with Crippen molar-refractivity contribution in [2.75, 3.05) is 0 Å². The van der Waals surface area contributed by atoms with Crippen LogP contribution >= 0.6 is 0 Å². The van der Waals surface area contributed by atoms with E-state index >= 15 is 0 Å². The van der Waals surface area contributed by atoms with Crippen LogP contribution < -0.4 is 16.0 Å². The Balaban J connectivity index is 1.87. The largest absolute Gasteiger partial charge is 0.348 e. The Labute approximate surface area is 143 Å². The van der Waals surface area contributed by atoms with Gasteiger partial charge < -0.3 is 5.32 Å². The van der Waals surface area contributed by atoms with E-state index in [-0.39, 0.29) is 5.91 Å². The molecule has 0 spiro atoms. The summed E-state index contributed by atoms with van der Waals surface area (Å²) < 4.78 is 0. The summed E-state index contributed by atoms with van der Waals surface area (Å²) >= 11 is 0. The van der Waals surface area contributed by atoms with Crippen molar-refractivity contribution in [3.05, 3.63) is 69.9 Å². The number of amides is 1. The van der Waals surface area contributed by atoms with Gasteiger partial charge in [0.05, 0.1) is 27.7 Å². The van der Waals surface area contributed by atoms with Crippen molar-refractivity contribution < 1.29 is 4.79 Å². The van der Waals surface area contributed by atoms with Gasteiger partial charge in [-0.05, 0) is 24.1 Å². The lowest BCUT2D eigenvalue weighted by atomic mass is 9.90. The lowest BCUT2D eigenvalue weighted by molar-refractivity contribution is 0.0966. The molecule has 0 aromatic heterocycles. The zero-order valence-corrected chi connectivity index (χ0v) is 13.6. The number of hydrogen-bond acceptors (Lipinski definition) is 3. The minimum Gasteiger partial charge on any atom is -0.348 e. The zero-order valence-electron chi connectivity index (χ0n) is 13.6. The second-order valence-corrected chi connectivity index (χ2v) is 6.70. The molecule has 0 atom stereocenters. The molecule has 3 aromatic carbocycles. The number of carbonyl (C=O) groups excluding carboxylic acids is 1. The normalized spacial score (nSPS) is 14.7. The lowest BCUT2D eigenvalue weighted by Crippen LogP contribution is -2.29. The van der Waals surface area contributed by atoms with Gasteiger partial charge in [0, 0.05) is 28.8 Å². The first-order valence-corrected chi connectivity index (χ1v) is 8.38. The number of nitrogens with one attached hydrogen (secondary N) is 1. The van der Waals surface area contributed by atoms with E-state index in [2.05, 4.69) is 30.4 Å². The molecular weight excluding hydrogens is 310 g/mol. The lowest BCUT2D eigenvalue weighted by Gasteiger charge is -2.09. The van der Waals surface area contributed by atoms with Crippen LogP contribution in [0.25, 0.3) is 22.3 Å². The molecule has 1 amide bonds. The Morgan fingerprint density at radius 1 is 0.880 bits per heavy atom. The highest BCUT2D eigenvalue weighted by Gasteiger charge is 2.34. The number of aryl methyl sites for hydroxylation is 1. The van der Waals surface area contributed by atoms with Crippen LogP contribution in [0, 0.1) is 6.92 Å². The predicted molar refractivity (Wildman–Crippen MR) is 94.9 cm³/mol. The minimum absolute atomic E-state index is 0.0120. The Morgan fingerprint density at radius 3 is 2.60 bits per heavy atom. The van der Waals surface area contributed by atoms with E-state index in [1.807, 2.05) is 24.3 Å². The first-order chi connectivity index (χ1) is 12.2. The fourth-order valence-corrected chi connectivity index (χ4v) is 4.25. The van der Waals surface area contributed by atoms with E-state index < -0.39 is 0 Å². The average molecular weight is 323 g/mol. The number of nitrogens with zero attached hydrogens (tertiary/aromatic N) is 2. The molecule has 4 nitrogen and oxygen atoms in total. The number of fused-ring (bicyclic) bond motifs is 10. The third-order valence-corrected chi connectivity index (χ3v) is 5.34. The number of hydrogen-bond donors (Lipinski definition) is 1. The molecule has 118 valence electrons. The second kappa shape index (κ2) is 4.22. The molecule has 0 saturated heterocycles. The molecule has 3 aliphatic heterocycles. The Hall–Kier alpha value is -3.27. The molecule has 0 radical (unpaired) electrons. The fourth-order valence-electron chi connectivity index (χ4n) is 4.25. The molecule has 25 heavy (non-hydrogen) atoms. The molecule has 0 unspecified atom stereocenters. The molecule has 1 N–H and O–H groups in total. The quantitative estimate of drug-likeness (QED) is 0.468. The molecule has 0 aliphatic carbocycles. The first kappa shape index (κ1) is 13.1. The van der Waals surface area contributed by atoms with Gasteiger partial charge in [-0.2, -0.15) is 0 Å². The van der Waals surface area contributed by atoms with Crippen LogP contribution in [0.2, 0.25) is 0 Å². The number of rotatable bonds is 0. The molecule has 3 heterocycles. The van der Waals surface area contributed by atoms with Crippen molar-refractivity contribution >= 4 is 17.3 Å². The van der Waals surface area contributed by atoms with Gasteiger partial charge >= 0.3 is 0 Å². The first-order valence-electron chi connectivity index (χ1n) is 8.38. The highest BCUT2D eigenvalue weighted by molar-refractivity contribution is 6.08. The summed E-state index contributed by atoms with van der Waals surface area (Å²) in [5, 5.41) is 4.74. The summed E-state index contributed by atoms with van der Waals surface area (Å²) in [6.45, 7) is 2.62. The molecule has 6 rings (SSSR count). The molecule has 3 aromatic rings.